The average Bonchev–Trinajstić information content (AvgIpc) is 3.33. The first-order valence-electron chi connectivity index (χ1n) is 12.9. The molecule has 2 fully saturated rings. The maximum atomic E-state index is 13.2. The van der Waals surface area contributed by atoms with E-state index in [0.717, 1.165) is 0 Å². The molecular formula is C25H36N4O8S2. The summed E-state index contributed by atoms with van der Waals surface area (Å²) in [5.74, 6) is 0.333. The van der Waals surface area contributed by atoms with E-state index in [-0.39, 0.29) is 42.1 Å². The zero-order valence-electron chi connectivity index (χ0n) is 22.1. The van der Waals surface area contributed by atoms with Crippen LogP contribution in [0.25, 0.3) is 0 Å². The molecule has 2 saturated heterocycles. The molecule has 1 spiro atoms. The minimum Gasteiger partial charge on any atom is -0.491 e. The number of pyridine rings is 1. The van der Waals surface area contributed by atoms with Crippen molar-refractivity contribution in [2.75, 3.05) is 39.9 Å². The van der Waals surface area contributed by atoms with Gasteiger partial charge in [0.05, 0.1) is 17.1 Å². The molecule has 39 heavy (non-hydrogen) atoms. The molecule has 2 aliphatic heterocycles. The van der Waals surface area contributed by atoms with Crippen LogP contribution in [0.15, 0.2) is 57.3 Å². The van der Waals surface area contributed by atoms with E-state index in [1.54, 1.807) is 22.9 Å². The van der Waals surface area contributed by atoms with E-state index < -0.39 is 37.2 Å². The first kappa shape index (κ1) is 29.6. The number of aliphatic hydroxyl groups is 1. The predicted molar refractivity (Wildman–Crippen MR) is 144 cm³/mol. The van der Waals surface area contributed by atoms with Crippen LogP contribution < -0.4 is 20.2 Å². The van der Waals surface area contributed by atoms with Gasteiger partial charge in [-0.25, -0.2) is 21.6 Å². The Hall–Kier alpha value is -2.33. The SMILES string of the molecule is CCn1ccc(=O)c(S(=O)(=O)N2CCC3(CC2)CC(NC[C@H](O)COc2cccc(S(=O)(=O)NC)c2)CO3)c1. The van der Waals surface area contributed by atoms with Gasteiger partial charge in [0.25, 0.3) is 0 Å². The molecule has 0 bridgehead atoms. The maximum Gasteiger partial charge on any atom is 0.248 e. The molecule has 12 nitrogen and oxygen atoms in total. The second kappa shape index (κ2) is 12.0. The summed E-state index contributed by atoms with van der Waals surface area (Å²) in [5, 5.41) is 13.7. The van der Waals surface area contributed by atoms with Crippen LogP contribution in [0.5, 0.6) is 5.75 Å². The minimum absolute atomic E-state index is 0.0159. The molecular weight excluding hydrogens is 548 g/mol. The number of piperidine rings is 1. The molecule has 0 aliphatic carbocycles. The van der Waals surface area contributed by atoms with Crippen molar-refractivity contribution in [1.82, 2.24) is 18.9 Å². The van der Waals surface area contributed by atoms with Gasteiger partial charge in [-0.15, -0.1) is 0 Å². The fourth-order valence-corrected chi connectivity index (χ4v) is 7.19. The predicted octanol–water partition coefficient (Wildman–Crippen LogP) is 0.118. The highest BCUT2D eigenvalue weighted by Gasteiger charge is 2.45. The van der Waals surface area contributed by atoms with E-state index >= 15 is 0 Å². The minimum atomic E-state index is -3.90. The monoisotopic (exact) mass is 584 g/mol. The van der Waals surface area contributed by atoms with Crippen LogP contribution in [-0.4, -0.2) is 88.5 Å². The Morgan fingerprint density at radius 3 is 2.64 bits per heavy atom. The van der Waals surface area contributed by atoms with Gasteiger partial charge in [0.15, 0.2) is 0 Å². The number of benzene rings is 1. The number of ether oxygens (including phenoxy) is 2. The third-order valence-corrected chi connectivity index (χ3v) is 10.6. The molecule has 3 heterocycles. The van der Waals surface area contributed by atoms with Crippen molar-refractivity contribution < 1.29 is 31.4 Å². The van der Waals surface area contributed by atoms with Gasteiger partial charge in [0, 0.05) is 56.7 Å². The van der Waals surface area contributed by atoms with E-state index in [4.69, 9.17) is 9.47 Å². The molecule has 2 aliphatic rings. The number of aryl methyl sites for hydroxylation is 1. The van der Waals surface area contributed by atoms with E-state index in [1.165, 1.54) is 35.7 Å². The highest BCUT2D eigenvalue weighted by atomic mass is 32.2. The van der Waals surface area contributed by atoms with Crippen LogP contribution >= 0.6 is 0 Å². The lowest BCUT2D eigenvalue weighted by molar-refractivity contribution is -0.0312. The number of aliphatic hydroxyl groups excluding tert-OH is 1. The zero-order chi connectivity index (χ0) is 28.3. The van der Waals surface area contributed by atoms with Crippen LogP contribution in [0.1, 0.15) is 26.2 Å². The van der Waals surface area contributed by atoms with Crippen molar-refractivity contribution in [2.24, 2.45) is 0 Å². The average molecular weight is 585 g/mol. The number of sulfonamides is 2. The molecule has 2 aromatic rings. The van der Waals surface area contributed by atoms with Crippen LogP contribution in [-0.2, 0) is 31.3 Å². The largest absolute Gasteiger partial charge is 0.491 e. The highest BCUT2D eigenvalue weighted by molar-refractivity contribution is 7.89. The van der Waals surface area contributed by atoms with Crippen LogP contribution in [0.3, 0.4) is 0 Å². The topological polar surface area (TPSA) is 156 Å². The van der Waals surface area contributed by atoms with E-state index in [0.29, 0.717) is 38.2 Å². The van der Waals surface area contributed by atoms with Gasteiger partial charge in [-0.05, 0) is 45.4 Å². The summed E-state index contributed by atoms with van der Waals surface area (Å²) in [6.07, 6.45) is 3.82. The van der Waals surface area contributed by atoms with Crippen molar-refractivity contribution in [3.05, 3.63) is 52.9 Å². The normalized spacial score (nSPS) is 20.7. The number of hydrogen-bond donors (Lipinski definition) is 3. The lowest BCUT2D eigenvalue weighted by Gasteiger charge is -2.38. The Labute approximate surface area is 229 Å². The third-order valence-electron chi connectivity index (χ3n) is 7.24. The molecule has 0 saturated carbocycles. The van der Waals surface area contributed by atoms with Crippen molar-refractivity contribution in [3.63, 3.8) is 0 Å². The lowest BCUT2D eigenvalue weighted by atomic mass is 9.88. The third kappa shape index (κ3) is 6.88. The fraction of sp³-hybridized carbons (Fsp3) is 0.560. The molecule has 216 valence electrons. The van der Waals surface area contributed by atoms with Crippen LogP contribution in [0.2, 0.25) is 0 Å². The molecule has 1 aromatic heterocycles. The van der Waals surface area contributed by atoms with Crippen molar-refractivity contribution in [2.45, 2.75) is 60.3 Å². The molecule has 1 unspecified atom stereocenters. The van der Waals surface area contributed by atoms with Crippen molar-refractivity contribution >= 4 is 20.0 Å². The summed E-state index contributed by atoms with van der Waals surface area (Å²) < 4.78 is 67.2. The molecule has 0 radical (unpaired) electrons. The van der Waals surface area contributed by atoms with E-state index in [2.05, 4.69) is 10.0 Å². The summed E-state index contributed by atoms with van der Waals surface area (Å²) >= 11 is 0. The first-order valence-corrected chi connectivity index (χ1v) is 15.8. The number of hydrogen-bond acceptors (Lipinski definition) is 9. The van der Waals surface area contributed by atoms with Gasteiger partial charge in [-0.2, -0.15) is 4.31 Å². The Morgan fingerprint density at radius 1 is 1.21 bits per heavy atom. The van der Waals surface area contributed by atoms with E-state index in [1.807, 2.05) is 6.92 Å². The van der Waals surface area contributed by atoms with Crippen LogP contribution in [0.4, 0.5) is 0 Å². The van der Waals surface area contributed by atoms with Crippen molar-refractivity contribution in [3.8, 4) is 5.75 Å². The Kier molecular flexibility index (Phi) is 9.15. The number of nitrogens with zero attached hydrogens (tertiary/aromatic N) is 2. The number of rotatable bonds is 11. The molecule has 4 rings (SSSR count). The summed E-state index contributed by atoms with van der Waals surface area (Å²) in [5.41, 5.74) is -0.968. The first-order chi connectivity index (χ1) is 18.5. The van der Waals surface area contributed by atoms with Crippen molar-refractivity contribution in [1.29, 1.82) is 0 Å². The van der Waals surface area contributed by atoms with Gasteiger partial charge < -0.3 is 24.5 Å². The maximum absolute atomic E-state index is 13.2. The summed E-state index contributed by atoms with van der Waals surface area (Å²) in [7, 11) is -6.17. The quantitative estimate of drug-likeness (QED) is 0.334. The molecule has 3 N–H and O–H groups in total. The lowest BCUT2D eigenvalue weighted by Crippen LogP contribution is -2.47. The van der Waals surface area contributed by atoms with Gasteiger partial charge in [0.2, 0.25) is 25.5 Å². The standard InChI is InChI=1S/C25H36N4O8S2/c1-3-28-10-7-23(31)24(16-28)39(34,35)29-11-8-25(9-12-29)14-19(17-37-25)27-15-20(30)18-36-21-5-4-6-22(13-21)38(32,33)26-2/h4-7,10,13,16,19-20,26-27,30H,3,8-9,11-12,14-15,17-18H2,1-2H3/t19?,20-/m0/s1. The van der Waals surface area contributed by atoms with Gasteiger partial charge in [0.1, 0.15) is 23.4 Å². The Bertz CT molecular complexity index is 1420. The number of nitrogens with one attached hydrogen (secondary N) is 2. The second-order valence-electron chi connectivity index (χ2n) is 9.86. The summed E-state index contributed by atoms with van der Waals surface area (Å²) in [4.78, 5) is 12.1. The van der Waals surface area contributed by atoms with E-state index in [9.17, 15) is 26.7 Å². The Balaban J connectivity index is 1.25. The Morgan fingerprint density at radius 2 is 1.95 bits per heavy atom. The van der Waals surface area contributed by atoms with Gasteiger partial charge in [-0.3, -0.25) is 4.79 Å². The van der Waals surface area contributed by atoms with Crippen LogP contribution in [0, 0.1) is 0 Å². The molecule has 0 amide bonds. The second-order valence-corrected chi connectivity index (χ2v) is 13.7. The molecule has 14 heteroatoms. The van der Waals surface area contributed by atoms with Gasteiger partial charge >= 0.3 is 0 Å². The zero-order valence-corrected chi connectivity index (χ0v) is 23.7. The molecule has 2 atom stereocenters. The molecule has 1 aromatic carbocycles. The summed E-state index contributed by atoms with van der Waals surface area (Å²) in [6, 6.07) is 7.30. The smallest absolute Gasteiger partial charge is 0.248 e. The number of aromatic nitrogens is 1. The summed E-state index contributed by atoms with van der Waals surface area (Å²) in [6.45, 7) is 3.60. The highest BCUT2D eigenvalue weighted by Crippen LogP contribution is 2.37. The van der Waals surface area contributed by atoms with Gasteiger partial charge in [-0.1, -0.05) is 6.07 Å². The fourth-order valence-electron chi connectivity index (χ4n) is 4.89.